The molecule has 1 amide bonds. The quantitative estimate of drug-likeness (QED) is 0.711. The Bertz CT molecular complexity index is 388. The molecule has 2 N–H and O–H groups in total. The Labute approximate surface area is 95.1 Å². The van der Waals surface area contributed by atoms with Crippen molar-refractivity contribution in [3.63, 3.8) is 0 Å². The lowest BCUT2D eigenvalue weighted by atomic mass is 10.2. The van der Waals surface area contributed by atoms with Crippen LogP contribution < -0.4 is 10.6 Å². The summed E-state index contributed by atoms with van der Waals surface area (Å²) < 4.78 is 0. The van der Waals surface area contributed by atoms with E-state index in [-0.39, 0.29) is 5.91 Å². The molecule has 1 aromatic heterocycles. The van der Waals surface area contributed by atoms with Crippen LogP contribution in [0, 0.1) is 0 Å². The first-order valence-electron chi connectivity index (χ1n) is 4.97. The molecular weight excluding hydrogens is 202 g/mol. The molecular formula is C12H15N3O. The van der Waals surface area contributed by atoms with Crippen molar-refractivity contribution < 1.29 is 4.79 Å². The van der Waals surface area contributed by atoms with Gasteiger partial charge in [-0.2, -0.15) is 0 Å². The first kappa shape index (κ1) is 12.0. The van der Waals surface area contributed by atoms with Crippen LogP contribution in [0.25, 0.3) is 0 Å². The second-order valence-electron chi connectivity index (χ2n) is 3.09. The average molecular weight is 217 g/mol. The van der Waals surface area contributed by atoms with Crippen molar-refractivity contribution in [2.75, 3.05) is 18.4 Å². The van der Waals surface area contributed by atoms with Crippen molar-refractivity contribution in [1.82, 2.24) is 10.3 Å². The summed E-state index contributed by atoms with van der Waals surface area (Å²) in [5.74, 6) is -0.167. The number of pyridine rings is 1. The van der Waals surface area contributed by atoms with Gasteiger partial charge in [-0.1, -0.05) is 12.2 Å². The highest BCUT2D eigenvalue weighted by Crippen LogP contribution is 2.12. The fourth-order valence-corrected chi connectivity index (χ4v) is 1.17. The Hall–Kier alpha value is -2.10. The van der Waals surface area contributed by atoms with Gasteiger partial charge in [0.15, 0.2) is 0 Å². The van der Waals surface area contributed by atoms with Gasteiger partial charge in [-0.15, -0.1) is 13.2 Å². The van der Waals surface area contributed by atoms with Gasteiger partial charge in [-0.3, -0.25) is 9.78 Å². The van der Waals surface area contributed by atoms with E-state index >= 15 is 0 Å². The van der Waals surface area contributed by atoms with Gasteiger partial charge >= 0.3 is 0 Å². The third-order valence-corrected chi connectivity index (χ3v) is 1.91. The molecule has 16 heavy (non-hydrogen) atoms. The van der Waals surface area contributed by atoms with E-state index in [1.807, 2.05) is 0 Å². The number of hydrogen-bond donors (Lipinski definition) is 2. The predicted octanol–water partition coefficient (Wildman–Crippen LogP) is 1.60. The summed E-state index contributed by atoms with van der Waals surface area (Å²) >= 11 is 0. The number of anilines is 1. The zero-order chi connectivity index (χ0) is 11.8. The van der Waals surface area contributed by atoms with Crippen molar-refractivity contribution in [3.05, 3.63) is 49.3 Å². The summed E-state index contributed by atoms with van der Waals surface area (Å²) in [4.78, 5) is 15.7. The molecule has 4 nitrogen and oxygen atoms in total. The number of amides is 1. The van der Waals surface area contributed by atoms with Crippen molar-refractivity contribution in [2.24, 2.45) is 0 Å². The number of nitrogens with one attached hydrogen (secondary N) is 2. The van der Waals surface area contributed by atoms with E-state index in [4.69, 9.17) is 0 Å². The van der Waals surface area contributed by atoms with Crippen LogP contribution in [0.15, 0.2) is 43.8 Å². The minimum atomic E-state index is -0.167. The Morgan fingerprint density at radius 1 is 1.38 bits per heavy atom. The lowest BCUT2D eigenvalue weighted by molar-refractivity contribution is 0.0958. The lowest BCUT2D eigenvalue weighted by Crippen LogP contribution is -2.24. The highest BCUT2D eigenvalue weighted by atomic mass is 16.1. The monoisotopic (exact) mass is 217 g/mol. The van der Waals surface area contributed by atoms with E-state index in [9.17, 15) is 4.79 Å². The molecule has 0 spiro atoms. The molecule has 0 saturated heterocycles. The normalized spacial score (nSPS) is 9.25. The van der Waals surface area contributed by atoms with E-state index in [0.29, 0.717) is 18.7 Å². The largest absolute Gasteiger partial charge is 0.381 e. The molecule has 0 atom stereocenters. The van der Waals surface area contributed by atoms with Gasteiger partial charge in [0.1, 0.15) is 0 Å². The number of carbonyl (C=O) groups excluding carboxylic acids is 1. The molecule has 0 aliphatic heterocycles. The minimum absolute atomic E-state index is 0.167. The molecule has 84 valence electrons. The highest BCUT2D eigenvalue weighted by molar-refractivity contribution is 5.99. The summed E-state index contributed by atoms with van der Waals surface area (Å²) in [7, 11) is 0. The van der Waals surface area contributed by atoms with Crippen molar-refractivity contribution in [2.45, 2.75) is 0 Å². The molecule has 1 rings (SSSR count). The van der Waals surface area contributed by atoms with E-state index in [1.165, 1.54) is 6.20 Å². The van der Waals surface area contributed by atoms with Gasteiger partial charge in [-0.05, 0) is 6.07 Å². The molecule has 0 aliphatic rings. The maximum Gasteiger partial charge on any atom is 0.255 e. The number of aromatic nitrogens is 1. The first-order valence-corrected chi connectivity index (χ1v) is 4.97. The molecule has 0 radical (unpaired) electrons. The summed E-state index contributed by atoms with van der Waals surface area (Å²) in [6.07, 6.45) is 6.52. The zero-order valence-electron chi connectivity index (χ0n) is 9.07. The SMILES string of the molecule is C=CCNC(=O)c1cnccc1NCC=C. The molecule has 0 fully saturated rings. The van der Waals surface area contributed by atoms with Gasteiger partial charge in [0.25, 0.3) is 5.91 Å². The zero-order valence-corrected chi connectivity index (χ0v) is 9.07. The van der Waals surface area contributed by atoms with Crippen molar-refractivity contribution >= 4 is 11.6 Å². The van der Waals surface area contributed by atoms with Crippen LogP contribution in [0.5, 0.6) is 0 Å². The summed E-state index contributed by atoms with van der Waals surface area (Å²) in [6, 6.07) is 1.76. The van der Waals surface area contributed by atoms with Crippen LogP contribution in [0.3, 0.4) is 0 Å². The average Bonchev–Trinajstić information content (AvgIpc) is 2.33. The highest BCUT2D eigenvalue weighted by Gasteiger charge is 2.09. The van der Waals surface area contributed by atoms with Gasteiger partial charge in [0.05, 0.1) is 11.3 Å². The van der Waals surface area contributed by atoms with Gasteiger partial charge < -0.3 is 10.6 Å². The van der Waals surface area contributed by atoms with E-state index in [2.05, 4.69) is 28.8 Å². The van der Waals surface area contributed by atoms with E-state index < -0.39 is 0 Å². The van der Waals surface area contributed by atoms with Crippen molar-refractivity contribution in [1.29, 1.82) is 0 Å². The van der Waals surface area contributed by atoms with Crippen LogP contribution in [-0.2, 0) is 0 Å². The molecule has 0 aromatic carbocycles. The summed E-state index contributed by atoms with van der Waals surface area (Å²) in [5.41, 5.74) is 1.27. The number of hydrogen-bond acceptors (Lipinski definition) is 3. The second-order valence-corrected chi connectivity index (χ2v) is 3.09. The Balaban J connectivity index is 2.80. The number of carbonyl (C=O) groups is 1. The Kier molecular flexibility index (Phi) is 4.79. The Morgan fingerprint density at radius 2 is 2.12 bits per heavy atom. The van der Waals surface area contributed by atoms with E-state index in [1.54, 1.807) is 24.4 Å². The lowest BCUT2D eigenvalue weighted by Gasteiger charge is -2.09. The molecule has 0 saturated carbocycles. The van der Waals surface area contributed by atoms with Crippen LogP contribution in [0.1, 0.15) is 10.4 Å². The standard InChI is InChI=1S/C12H15N3O/c1-3-6-14-11-5-8-13-9-10(11)12(16)15-7-4-2/h3-5,8-9H,1-2,6-7H2,(H,13,14)(H,15,16). The third-order valence-electron chi connectivity index (χ3n) is 1.91. The third kappa shape index (κ3) is 3.24. The van der Waals surface area contributed by atoms with Crippen LogP contribution in [-0.4, -0.2) is 24.0 Å². The molecule has 0 unspecified atom stereocenters. The topological polar surface area (TPSA) is 54.0 Å². The smallest absolute Gasteiger partial charge is 0.255 e. The first-order chi connectivity index (χ1) is 7.79. The van der Waals surface area contributed by atoms with Crippen LogP contribution in [0.2, 0.25) is 0 Å². The van der Waals surface area contributed by atoms with Crippen molar-refractivity contribution in [3.8, 4) is 0 Å². The molecule has 0 aliphatic carbocycles. The van der Waals surface area contributed by atoms with Crippen LogP contribution >= 0.6 is 0 Å². The molecule has 1 aromatic rings. The Morgan fingerprint density at radius 3 is 2.81 bits per heavy atom. The minimum Gasteiger partial charge on any atom is -0.381 e. The number of nitrogens with zero attached hydrogens (tertiary/aromatic N) is 1. The molecule has 1 heterocycles. The molecule has 0 bridgehead atoms. The second kappa shape index (κ2) is 6.40. The van der Waals surface area contributed by atoms with Gasteiger partial charge in [0, 0.05) is 25.5 Å². The summed E-state index contributed by atoms with van der Waals surface area (Å²) in [5, 5.41) is 5.78. The maximum absolute atomic E-state index is 11.7. The fourth-order valence-electron chi connectivity index (χ4n) is 1.17. The van der Waals surface area contributed by atoms with Gasteiger partial charge in [-0.25, -0.2) is 0 Å². The molecule has 4 heteroatoms. The number of rotatable bonds is 6. The van der Waals surface area contributed by atoms with Gasteiger partial charge in [0.2, 0.25) is 0 Å². The fraction of sp³-hybridized carbons (Fsp3) is 0.167. The predicted molar refractivity (Wildman–Crippen MR) is 65.5 cm³/mol. The maximum atomic E-state index is 11.7. The van der Waals surface area contributed by atoms with E-state index in [0.717, 1.165) is 5.69 Å². The summed E-state index contributed by atoms with van der Waals surface area (Å²) in [6.45, 7) is 8.19. The van der Waals surface area contributed by atoms with Crippen LogP contribution in [0.4, 0.5) is 5.69 Å².